The molecule has 2 amide bonds. The van der Waals surface area contributed by atoms with E-state index in [1.54, 1.807) is 24.3 Å². The number of benzene rings is 2. The van der Waals surface area contributed by atoms with Gasteiger partial charge in [-0.25, -0.2) is 9.97 Å². The van der Waals surface area contributed by atoms with Crippen molar-refractivity contribution in [2.45, 2.75) is 50.3 Å². The van der Waals surface area contributed by atoms with Crippen molar-refractivity contribution in [3.8, 4) is 5.88 Å². The summed E-state index contributed by atoms with van der Waals surface area (Å²) in [6.07, 6.45) is 0.176. The molecule has 6 aromatic rings. The molecule has 17 heteroatoms. The summed E-state index contributed by atoms with van der Waals surface area (Å²) in [5.41, 5.74) is 0.837. The van der Waals surface area contributed by atoms with Crippen LogP contribution in [0, 0.1) is 0 Å². The number of Topliss-reactive ketones (excluding diaryl/α,β-unsaturated/α-hetero) is 2. The Morgan fingerprint density at radius 2 is 1.17 bits per heavy atom. The molecule has 3 aliphatic rings. The topological polar surface area (TPSA) is 137 Å². The molecular formula is C43H33BrCl2N4O6S4. The highest BCUT2D eigenvalue weighted by Gasteiger charge is 2.50. The van der Waals surface area contributed by atoms with Crippen LogP contribution in [0.5, 0.6) is 5.88 Å². The van der Waals surface area contributed by atoms with Crippen LogP contribution in [-0.2, 0) is 35.0 Å². The van der Waals surface area contributed by atoms with Crippen molar-refractivity contribution in [3.63, 3.8) is 0 Å². The lowest BCUT2D eigenvalue weighted by molar-refractivity contribution is -0.134. The fourth-order valence-electron chi connectivity index (χ4n) is 7.00. The zero-order chi connectivity index (χ0) is 41.9. The summed E-state index contributed by atoms with van der Waals surface area (Å²) in [5, 5.41) is 13.2. The molecule has 306 valence electrons. The second-order valence-electron chi connectivity index (χ2n) is 13.9. The minimum absolute atomic E-state index is 0.0335. The van der Waals surface area contributed by atoms with Gasteiger partial charge in [0.25, 0.3) is 0 Å². The van der Waals surface area contributed by atoms with Crippen LogP contribution in [0.4, 0.5) is 0 Å². The molecule has 4 aromatic heterocycles. The number of carbonyl (C=O) groups is 4. The van der Waals surface area contributed by atoms with Crippen LogP contribution in [-0.4, -0.2) is 63.2 Å². The predicted molar refractivity (Wildman–Crippen MR) is 239 cm³/mol. The molecule has 60 heavy (non-hydrogen) atoms. The highest BCUT2D eigenvalue weighted by atomic mass is 79.9. The maximum atomic E-state index is 13.3. The average molecular weight is 981 g/mol. The van der Waals surface area contributed by atoms with Crippen molar-refractivity contribution < 1.29 is 28.7 Å². The van der Waals surface area contributed by atoms with Crippen molar-refractivity contribution >= 4 is 109 Å². The summed E-state index contributed by atoms with van der Waals surface area (Å²) in [6, 6.07) is 29.1. The largest absolute Gasteiger partial charge is 0.469 e. The maximum Gasteiger partial charge on any atom is 0.242 e. The molecule has 2 N–H and O–H groups in total. The number of aromatic nitrogens is 2. The number of ketones is 2. The van der Waals surface area contributed by atoms with Crippen molar-refractivity contribution in [1.29, 1.82) is 0 Å². The Hall–Kier alpha value is -4.06. The second kappa shape index (κ2) is 18.5. The smallest absolute Gasteiger partial charge is 0.242 e. The quantitative estimate of drug-likeness (QED) is 0.101. The molecule has 4 atom stereocenters. The van der Waals surface area contributed by atoms with Gasteiger partial charge in [0.2, 0.25) is 17.7 Å². The number of pyridine rings is 2. The highest BCUT2D eigenvalue weighted by Crippen LogP contribution is 2.43. The van der Waals surface area contributed by atoms with Gasteiger partial charge in [-0.05, 0) is 103 Å². The van der Waals surface area contributed by atoms with E-state index in [4.69, 9.17) is 32.7 Å². The number of thiophene rings is 2. The molecule has 10 nitrogen and oxygen atoms in total. The van der Waals surface area contributed by atoms with E-state index in [0.29, 0.717) is 54.9 Å². The van der Waals surface area contributed by atoms with E-state index in [0.717, 1.165) is 11.1 Å². The number of carbonyl (C=O) groups excluding carboxylic acids is 4. The first-order valence-electron chi connectivity index (χ1n) is 18.5. The van der Waals surface area contributed by atoms with Crippen LogP contribution in [0.1, 0.15) is 35.4 Å². The first-order chi connectivity index (χ1) is 29.0. The van der Waals surface area contributed by atoms with Crippen LogP contribution >= 0.6 is 85.3 Å². The highest BCUT2D eigenvalue weighted by molar-refractivity contribution is 9.10. The zero-order valence-electron chi connectivity index (χ0n) is 31.2. The van der Waals surface area contributed by atoms with Gasteiger partial charge in [0.15, 0.2) is 11.6 Å². The number of halogens is 3. The lowest BCUT2D eigenvalue weighted by Crippen LogP contribution is -2.58. The van der Waals surface area contributed by atoms with Crippen LogP contribution in [0.3, 0.4) is 0 Å². The number of thioether (sulfide) groups is 2. The molecule has 0 aliphatic carbocycles. The lowest BCUT2D eigenvalue weighted by Gasteiger charge is -2.39. The number of nitrogens with one attached hydrogen (secondary N) is 2. The summed E-state index contributed by atoms with van der Waals surface area (Å²) in [7, 11) is 0. The number of rotatable bonds is 10. The molecule has 9 rings (SSSR count). The third kappa shape index (κ3) is 8.95. The van der Waals surface area contributed by atoms with Gasteiger partial charge in [-0.2, -0.15) is 22.7 Å². The number of hydrogen-bond donors (Lipinski definition) is 2. The van der Waals surface area contributed by atoms with Crippen molar-refractivity contribution in [1.82, 2.24) is 20.6 Å². The standard InChI is InChI=1S/C23H19ClN2O4S2.C20H14BrClN2O2S2/c24-16-4-1-2-5-18(16)32-21-17(27)10-23(26-22(21)28,14-8-9-31-13-14)19-6-3-7-20(25-19)30-15-11-29-12-15;21-17-7-3-6-16(23-17)20(12-8-9-27-11-12)10-14(25)18(19(26)24-20)28-15-5-2-1-4-13(15)22/h1-9,13,15,21H,10-12H2,(H,26,28);1-9,11,18H,10H2,(H,24,26). The van der Waals surface area contributed by atoms with Gasteiger partial charge in [-0.1, -0.05) is 59.6 Å². The summed E-state index contributed by atoms with van der Waals surface area (Å²) >= 11 is 21.2. The minimum Gasteiger partial charge on any atom is -0.469 e. The Balaban J connectivity index is 0.000000168. The number of nitrogens with zero attached hydrogens (tertiary/aromatic N) is 2. The van der Waals surface area contributed by atoms with E-state index < -0.39 is 21.6 Å². The molecule has 4 unspecified atom stereocenters. The van der Waals surface area contributed by atoms with Crippen LogP contribution in [0.2, 0.25) is 10.0 Å². The maximum absolute atomic E-state index is 13.3. The zero-order valence-corrected chi connectivity index (χ0v) is 37.6. The third-order valence-corrected chi connectivity index (χ3v) is 15.3. The van der Waals surface area contributed by atoms with Gasteiger partial charge >= 0.3 is 0 Å². The molecule has 0 bridgehead atoms. The molecule has 0 radical (unpaired) electrons. The molecular weight excluding hydrogens is 948 g/mol. The Kier molecular flexibility index (Phi) is 13.1. The van der Waals surface area contributed by atoms with Crippen molar-refractivity contribution in [2.24, 2.45) is 0 Å². The molecule has 3 aliphatic heterocycles. The van der Waals surface area contributed by atoms with E-state index in [1.807, 2.05) is 94.3 Å². The molecule has 0 spiro atoms. The fraction of sp³-hybridized carbons (Fsp3) is 0.209. The molecule has 0 saturated carbocycles. The average Bonchev–Trinajstić information content (AvgIpc) is 3.98. The molecule has 3 saturated heterocycles. The molecule has 2 aromatic carbocycles. The molecule has 7 heterocycles. The Labute approximate surface area is 380 Å². The van der Waals surface area contributed by atoms with Gasteiger partial charge in [-0.15, -0.1) is 23.5 Å². The van der Waals surface area contributed by atoms with Crippen LogP contribution in [0.25, 0.3) is 0 Å². The molecule has 3 fully saturated rings. The van der Waals surface area contributed by atoms with Crippen molar-refractivity contribution in [2.75, 3.05) is 13.2 Å². The third-order valence-electron chi connectivity index (χ3n) is 10.0. The summed E-state index contributed by atoms with van der Waals surface area (Å²) in [5.74, 6) is -0.585. The SMILES string of the molecule is O=C1CC(c2ccsc2)(c2cccc(Br)n2)NC(=O)C1Sc1ccccc1Cl.O=C1CC(c2ccsc2)(c2cccc(OC3COC3)n2)NC(=O)C1Sc1ccccc1Cl. The summed E-state index contributed by atoms with van der Waals surface area (Å²) < 4.78 is 11.7. The Morgan fingerprint density at radius 1 is 0.667 bits per heavy atom. The van der Waals surface area contributed by atoms with E-state index in [2.05, 4.69) is 36.5 Å². The van der Waals surface area contributed by atoms with E-state index >= 15 is 0 Å². The number of hydrogen-bond acceptors (Lipinski definition) is 12. The first kappa shape index (κ1) is 42.6. The lowest BCUT2D eigenvalue weighted by atomic mass is 9.79. The minimum atomic E-state index is -1.05. The van der Waals surface area contributed by atoms with E-state index in [-0.39, 0.29) is 42.3 Å². The van der Waals surface area contributed by atoms with E-state index in [9.17, 15) is 19.2 Å². The normalized spacial score (nSPS) is 22.9. The number of ether oxygens (including phenoxy) is 2. The second-order valence-corrected chi connectivity index (χ2v) is 19.4. The van der Waals surface area contributed by atoms with Gasteiger partial charge in [0.05, 0.1) is 34.6 Å². The van der Waals surface area contributed by atoms with Gasteiger partial charge in [-0.3, -0.25) is 19.2 Å². The monoisotopic (exact) mass is 978 g/mol. The van der Waals surface area contributed by atoms with Crippen LogP contribution < -0.4 is 15.4 Å². The summed E-state index contributed by atoms with van der Waals surface area (Å²) in [6.45, 7) is 1.05. The predicted octanol–water partition coefficient (Wildman–Crippen LogP) is 9.12. The van der Waals surface area contributed by atoms with Gasteiger partial charge < -0.3 is 20.1 Å². The number of piperidine rings is 2. The first-order valence-corrected chi connectivity index (χ1v) is 23.7. The Morgan fingerprint density at radius 3 is 1.60 bits per heavy atom. The number of amides is 2. The summed E-state index contributed by atoms with van der Waals surface area (Å²) in [4.78, 5) is 63.4. The van der Waals surface area contributed by atoms with Crippen LogP contribution in [0.15, 0.2) is 133 Å². The van der Waals surface area contributed by atoms with Crippen molar-refractivity contribution in [3.05, 3.63) is 156 Å². The van der Waals surface area contributed by atoms with E-state index in [1.165, 1.54) is 46.2 Å². The van der Waals surface area contributed by atoms with Gasteiger partial charge in [0.1, 0.15) is 32.3 Å². The Bertz CT molecular complexity index is 2510. The van der Waals surface area contributed by atoms with Gasteiger partial charge in [0, 0.05) is 28.7 Å². The fourth-order valence-corrected chi connectivity index (χ4v) is 11.3.